The van der Waals surface area contributed by atoms with E-state index >= 15 is 0 Å². The Hall–Kier alpha value is -2.59. The van der Waals surface area contributed by atoms with Gasteiger partial charge < -0.3 is 10.2 Å². The second kappa shape index (κ2) is 11.3. The first kappa shape index (κ1) is 21.7. The van der Waals surface area contributed by atoms with Crippen LogP contribution >= 0.6 is 15.9 Å². The predicted octanol–water partition coefficient (Wildman–Crippen LogP) is 5.96. The summed E-state index contributed by atoms with van der Waals surface area (Å²) >= 11 is 3.55. The fraction of sp³-hybridized carbons (Fsp3) is 0.208. The summed E-state index contributed by atoms with van der Waals surface area (Å²) < 4.78 is 1.06. The van der Waals surface area contributed by atoms with E-state index in [2.05, 4.69) is 87.3 Å². The van der Waals surface area contributed by atoms with Crippen molar-refractivity contribution in [2.24, 2.45) is 4.99 Å². The Morgan fingerprint density at radius 3 is 2.57 bits per heavy atom. The zero-order valence-corrected chi connectivity index (χ0v) is 18.4. The van der Waals surface area contributed by atoms with Gasteiger partial charge in [-0.1, -0.05) is 70.6 Å². The Labute approximate surface area is 177 Å². The van der Waals surface area contributed by atoms with Gasteiger partial charge in [0.15, 0.2) is 0 Å². The molecule has 0 aliphatic heterocycles. The minimum Gasteiger partial charge on any atom is -0.390 e. The molecule has 1 N–H and O–H groups in total. The first-order valence-electron chi connectivity index (χ1n) is 9.27. The molecule has 0 saturated heterocycles. The van der Waals surface area contributed by atoms with Crippen molar-refractivity contribution >= 4 is 27.3 Å². The maximum atomic E-state index is 4.43. The van der Waals surface area contributed by atoms with E-state index in [0.29, 0.717) is 6.54 Å². The smallest absolute Gasteiger partial charge is 0.0642 e. The Kier molecular flexibility index (Phi) is 8.76. The second-order valence-corrected chi connectivity index (χ2v) is 7.43. The standard InChI is InChI=1S/C24H28BrN3/c1-19(16-24(27-4)21-11-6-5-7-12-21)10-9-15-28(18-20(2)26-3)23-14-8-13-22(25)17-23/h5-9,11-17,26H,2,10,18H2,1,3-4H3/b15-9?,19-16+,27-24?. The number of halogens is 1. The van der Waals surface area contributed by atoms with Gasteiger partial charge in [0.2, 0.25) is 0 Å². The van der Waals surface area contributed by atoms with E-state index < -0.39 is 0 Å². The predicted molar refractivity (Wildman–Crippen MR) is 126 cm³/mol. The lowest BCUT2D eigenvalue weighted by Crippen LogP contribution is -2.24. The highest BCUT2D eigenvalue weighted by Crippen LogP contribution is 2.21. The molecular weight excluding hydrogens is 410 g/mol. The molecule has 0 heterocycles. The lowest BCUT2D eigenvalue weighted by molar-refractivity contribution is 0.899. The first-order valence-corrected chi connectivity index (χ1v) is 10.1. The summed E-state index contributed by atoms with van der Waals surface area (Å²) in [6.45, 7) is 6.90. The van der Waals surface area contributed by atoms with Crippen molar-refractivity contribution in [1.82, 2.24) is 5.32 Å². The number of allylic oxidation sites excluding steroid dienone is 3. The van der Waals surface area contributed by atoms with Gasteiger partial charge in [-0.25, -0.2) is 0 Å². The van der Waals surface area contributed by atoms with Crippen LogP contribution in [0.25, 0.3) is 0 Å². The molecule has 0 fully saturated rings. The van der Waals surface area contributed by atoms with Crippen molar-refractivity contribution in [3.8, 4) is 0 Å². The highest BCUT2D eigenvalue weighted by molar-refractivity contribution is 9.10. The molecule has 0 unspecified atom stereocenters. The van der Waals surface area contributed by atoms with Crippen LogP contribution in [0.4, 0.5) is 5.69 Å². The molecule has 0 radical (unpaired) electrons. The monoisotopic (exact) mass is 437 g/mol. The average molecular weight is 438 g/mol. The number of hydrogen-bond donors (Lipinski definition) is 1. The minimum atomic E-state index is 0.706. The van der Waals surface area contributed by atoms with Gasteiger partial charge in [-0.3, -0.25) is 4.99 Å². The third-order valence-electron chi connectivity index (χ3n) is 4.27. The van der Waals surface area contributed by atoms with E-state index in [-0.39, 0.29) is 0 Å². The Morgan fingerprint density at radius 2 is 1.93 bits per heavy atom. The number of benzene rings is 2. The SMILES string of the molecule is C=C(CN(C=CC/C(C)=C/C(=NC)c1ccccc1)c1cccc(Br)c1)NC. The second-order valence-electron chi connectivity index (χ2n) is 6.52. The molecule has 0 amide bonds. The van der Waals surface area contributed by atoms with E-state index in [9.17, 15) is 0 Å². The van der Waals surface area contributed by atoms with Crippen LogP contribution in [0.3, 0.4) is 0 Å². The van der Waals surface area contributed by atoms with Crippen molar-refractivity contribution in [2.45, 2.75) is 13.3 Å². The summed E-state index contributed by atoms with van der Waals surface area (Å²) in [6.07, 6.45) is 7.29. The van der Waals surface area contributed by atoms with Crippen LogP contribution in [0.5, 0.6) is 0 Å². The Bertz CT molecular complexity index is 866. The molecule has 3 nitrogen and oxygen atoms in total. The van der Waals surface area contributed by atoms with Gasteiger partial charge in [-0.05, 0) is 43.2 Å². The van der Waals surface area contributed by atoms with Crippen LogP contribution in [-0.2, 0) is 0 Å². The number of anilines is 1. The molecule has 0 bridgehead atoms. The molecule has 28 heavy (non-hydrogen) atoms. The molecule has 0 aliphatic carbocycles. The van der Waals surface area contributed by atoms with Crippen molar-refractivity contribution in [3.05, 3.63) is 101 Å². The number of nitrogens with one attached hydrogen (secondary N) is 1. The third kappa shape index (κ3) is 6.86. The molecule has 2 rings (SSSR count). The quantitative estimate of drug-likeness (QED) is 0.490. The summed E-state index contributed by atoms with van der Waals surface area (Å²) in [6, 6.07) is 18.5. The van der Waals surface area contributed by atoms with Gasteiger partial charge in [0.1, 0.15) is 0 Å². The fourth-order valence-corrected chi connectivity index (χ4v) is 3.10. The number of likely N-dealkylation sites (N-methyl/N-ethyl adjacent to an activating group) is 1. The zero-order valence-electron chi connectivity index (χ0n) is 16.8. The maximum absolute atomic E-state index is 4.43. The summed E-state index contributed by atoms with van der Waals surface area (Å²) in [4.78, 5) is 6.61. The van der Waals surface area contributed by atoms with Gasteiger partial charge in [0.25, 0.3) is 0 Å². The molecule has 146 valence electrons. The van der Waals surface area contributed by atoms with Crippen molar-refractivity contribution in [1.29, 1.82) is 0 Å². The van der Waals surface area contributed by atoms with Crippen molar-refractivity contribution < 1.29 is 0 Å². The summed E-state index contributed by atoms with van der Waals surface area (Å²) in [5, 5.41) is 3.12. The summed E-state index contributed by atoms with van der Waals surface area (Å²) in [5.74, 6) is 0. The first-order chi connectivity index (χ1) is 13.5. The number of rotatable bonds is 9. The van der Waals surface area contributed by atoms with E-state index in [4.69, 9.17) is 0 Å². The highest BCUT2D eigenvalue weighted by Gasteiger charge is 2.05. The summed E-state index contributed by atoms with van der Waals surface area (Å²) in [5.41, 5.74) is 5.46. The van der Waals surface area contributed by atoms with E-state index in [1.807, 2.05) is 44.4 Å². The van der Waals surface area contributed by atoms with Crippen LogP contribution in [0.2, 0.25) is 0 Å². The molecule has 0 aromatic heterocycles. The maximum Gasteiger partial charge on any atom is 0.0642 e. The number of nitrogens with zero attached hydrogens (tertiary/aromatic N) is 2. The van der Waals surface area contributed by atoms with E-state index in [0.717, 1.165) is 33.6 Å². The van der Waals surface area contributed by atoms with Crippen molar-refractivity contribution in [3.63, 3.8) is 0 Å². The van der Waals surface area contributed by atoms with Gasteiger partial charge in [0, 0.05) is 36.2 Å². The third-order valence-corrected chi connectivity index (χ3v) is 4.77. The van der Waals surface area contributed by atoms with Gasteiger partial charge in [-0.15, -0.1) is 0 Å². The minimum absolute atomic E-state index is 0.706. The van der Waals surface area contributed by atoms with Gasteiger partial charge >= 0.3 is 0 Å². The summed E-state index contributed by atoms with van der Waals surface area (Å²) in [7, 11) is 3.73. The molecule has 2 aromatic rings. The zero-order chi connectivity index (χ0) is 20.4. The Morgan fingerprint density at radius 1 is 1.18 bits per heavy atom. The van der Waals surface area contributed by atoms with E-state index in [1.165, 1.54) is 5.57 Å². The molecule has 0 spiro atoms. The van der Waals surface area contributed by atoms with Crippen LogP contribution in [0.15, 0.2) is 100 Å². The van der Waals surface area contributed by atoms with Gasteiger partial charge in [-0.2, -0.15) is 0 Å². The topological polar surface area (TPSA) is 27.6 Å². The Balaban J connectivity index is 2.12. The van der Waals surface area contributed by atoms with E-state index in [1.54, 1.807) is 0 Å². The molecule has 0 aliphatic rings. The van der Waals surface area contributed by atoms with Crippen molar-refractivity contribution in [2.75, 3.05) is 25.5 Å². The molecule has 2 aromatic carbocycles. The molecule has 0 atom stereocenters. The molecule has 4 heteroatoms. The lowest BCUT2D eigenvalue weighted by Gasteiger charge is -2.22. The number of aliphatic imine (C=N–C) groups is 1. The highest BCUT2D eigenvalue weighted by atomic mass is 79.9. The normalized spacial score (nSPS) is 12.3. The molecular formula is C24H28BrN3. The molecule has 0 saturated carbocycles. The lowest BCUT2D eigenvalue weighted by atomic mass is 10.1. The van der Waals surface area contributed by atoms with Crippen LogP contribution in [0, 0.1) is 0 Å². The number of hydrogen-bond acceptors (Lipinski definition) is 3. The largest absolute Gasteiger partial charge is 0.390 e. The van der Waals surface area contributed by atoms with Crippen LogP contribution < -0.4 is 10.2 Å². The van der Waals surface area contributed by atoms with Crippen LogP contribution in [-0.4, -0.2) is 26.4 Å². The fourth-order valence-electron chi connectivity index (χ4n) is 2.71. The van der Waals surface area contributed by atoms with Crippen LogP contribution in [0.1, 0.15) is 18.9 Å². The van der Waals surface area contributed by atoms with Gasteiger partial charge in [0.05, 0.1) is 12.3 Å². The average Bonchev–Trinajstić information content (AvgIpc) is 2.71.